The number of ether oxygens (including phenoxy) is 4. The summed E-state index contributed by atoms with van der Waals surface area (Å²) >= 11 is 0. The summed E-state index contributed by atoms with van der Waals surface area (Å²) in [5, 5.41) is 10.6. The molecule has 0 rings (SSSR count). The number of unbranched alkanes of at least 4 members (excludes halogenated alkanes) is 46. The second kappa shape index (κ2) is 67.3. The zero-order chi connectivity index (χ0) is 68.4. The largest absolute Gasteiger partial charge is 0.472 e. The number of aliphatic hydroxyl groups is 1. The third kappa shape index (κ3) is 68.4. The summed E-state index contributed by atoms with van der Waals surface area (Å²) in [6.07, 6.45) is 55.8. The van der Waals surface area contributed by atoms with Gasteiger partial charge in [0.15, 0.2) is 12.2 Å². The van der Waals surface area contributed by atoms with Crippen molar-refractivity contribution < 1.29 is 80.2 Å². The molecule has 17 nitrogen and oxygen atoms in total. The molecule has 0 aliphatic rings. The van der Waals surface area contributed by atoms with Gasteiger partial charge in [-0.25, -0.2) is 9.13 Å². The van der Waals surface area contributed by atoms with Gasteiger partial charge in [0.05, 0.1) is 26.4 Å². The van der Waals surface area contributed by atoms with Gasteiger partial charge in [0.2, 0.25) is 0 Å². The minimum atomic E-state index is -4.95. The SMILES string of the molecule is CCCCCCCCCCCCCCCCCCCCCCC(=O)O[C@H](COC(=O)CCCCCCCCCCCCCCCCC(C)C)COP(=O)(O)OC[C@@H](O)COP(=O)(O)OC[C@@H](COC(=O)CCCCCCCCC)OC(=O)CCCCCCCCCCC. The Balaban J connectivity index is 5.15. The molecule has 19 heteroatoms. The number of carbonyl (C=O) groups is 4. The molecular weight excluding hydrogens is 1220 g/mol. The van der Waals surface area contributed by atoms with Crippen molar-refractivity contribution in [1.82, 2.24) is 0 Å². The van der Waals surface area contributed by atoms with Gasteiger partial charge in [0.1, 0.15) is 19.3 Å². The maximum Gasteiger partial charge on any atom is 0.472 e. The fraction of sp³-hybridized carbons (Fsp3) is 0.946. The van der Waals surface area contributed by atoms with Gasteiger partial charge in [-0.15, -0.1) is 0 Å². The lowest BCUT2D eigenvalue weighted by atomic mass is 10.0. The van der Waals surface area contributed by atoms with Crippen LogP contribution >= 0.6 is 15.6 Å². The van der Waals surface area contributed by atoms with Gasteiger partial charge in [-0.05, 0) is 31.6 Å². The molecule has 552 valence electrons. The minimum Gasteiger partial charge on any atom is -0.462 e. The zero-order valence-electron chi connectivity index (χ0n) is 60.4. The predicted molar refractivity (Wildman–Crippen MR) is 377 cm³/mol. The Morgan fingerprint density at radius 2 is 0.495 bits per heavy atom. The highest BCUT2D eigenvalue weighted by Crippen LogP contribution is 2.45. The molecular formula is C74H144O17P2. The lowest BCUT2D eigenvalue weighted by Crippen LogP contribution is -2.30. The maximum atomic E-state index is 13.1. The normalized spacial score (nSPS) is 14.0. The third-order valence-corrected chi connectivity index (χ3v) is 19.2. The van der Waals surface area contributed by atoms with E-state index in [0.717, 1.165) is 109 Å². The van der Waals surface area contributed by atoms with Crippen LogP contribution in [0.15, 0.2) is 0 Å². The number of phosphoric acid groups is 2. The highest BCUT2D eigenvalue weighted by atomic mass is 31.2. The van der Waals surface area contributed by atoms with E-state index >= 15 is 0 Å². The first-order valence-corrected chi connectivity index (χ1v) is 41.6. The van der Waals surface area contributed by atoms with Gasteiger partial charge >= 0.3 is 39.5 Å². The number of aliphatic hydroxyl groups excluding tert-OH is 1. The molecule has 93 heavy (non-hydrogen) atoms. The number of hydrogen-bond acceptors (Lipinski definition) is 15. The van der Waals surface area contributed by atoms with Crippen molar-refractivity contribution in [2.75, 3.05) is 39.6 Å². The molecule has 0 fully saturated rings. The van der Waals surface area contributed by atoms with Crippen molar-refractivity contribution in [2.45, 2.75) is 406 Å². The molecule has 0 bridgehead atoms. The van der Waals surface area contributed by atoms with Crippen LogP contribution in [0.4, 0.5) is 0 Å². The van der Waals surface area contributed by atoms with Crippen molar-refractivity contribution in [3.8, 4) is 0 Å². The Kier molecular flexibility index (Phi) is 65.9. The monoisotopic (exact) mass is 1370 g/mol. The van der Waals surface area contributed by atoms with Crippen LogP contribution in [0.2, 0.25) is 0 Å². The molecule has 0 aromatic heterocycles. The van der Waals surface area contributed by atoms with Gasteiger partial charge in [0.25, 0.3) is 0 Å². The maximum absolute atomic E-state index is 13.1. The first kappa shape index (κ1) is 91.1. The molecule has 0 aliphatic heterocycles. The third-order valence-electron chi connectivity index (χ3n) is 17.3. The van der Waals surface area contributed by atoms with Crippen molar-refractivity contribution in [3.63, 3.8) is 0 Å². The lowest BCUT2D eigenvalue weighted by molar-refractivity contribution is -0.161. The van der Waals surface area contributed by atoms with E-state index in [1.165, 1.54) is 199 Å². The molecule has 3 N–H and O–H groups in total. The van der Waals surface area contributed by atoms with E-state index in [1.54, 1.807) is 0 Å². The average molecular weight is 1370 g/mol. The summed E-state index contributed by atoms with van der Waals surface area (Å²) in [6, 6.07) is 0. The van der Waals surface area contributed by atoms with Crippen molar-refractivity contribution in [2.24, 2.45) is 5.92 Å². The molecule has 0 aliphatic carbocycles. The van der Waals surface area contributed by atoms with Gasteiger partial charge in [0, 0.05) is 25.7 Å². The standard InChI is InChI=1S/C74H144O17P2/c1-6-9-12-15-18-20-21-22-23-24-25-26-27-28-33-36-40-45-50-55-60-74(79)91-70(64-85-72(77)58-53-48-43-39-35-32-30-29-31-34-38-42-46-51-56-67(4)5)66-89-93(82,83)87-62-68(75)61-86-92(80,81)88-65-69(63-84-71(76)57-52-47-41-17-14-11-8-3)90-73(78)59-54-49-44-37-19-16-13-10-7-2/h67-70,75H,6-66H2,1-5H3,(H,80,81)(H,82,83)/t68-,69+,70+/m0/s1. The van der Waals surface area contributed by atoms with E-state index in [1.807, 2.05) is 0 Å². The highest BCUT2D eigenvalue weighted by molar-refractivity contribution is 7.47. The number of esters is 4. The lowest BCUT2D eigenvalue weighted by Gasteiger charge is -2.21. The molecule has 0 saturated heterocycles. The molecule has 0 spiro atoms. The number of hydrogen-bond donors (Lipinski definition) is 3. The predicted octanol–water partition coefficient (Wildman–Crippen LogP) is 21.7. The number of rotatable bonds is 74. The smallest absolute Gasteiger partial charge is 0.462 e. The van der Waals surface area contributed by atoms with Crippen LogP contribution in [0.5, 0.6) is 0 Å². The van der Waals surface area contributed by atoms with E-state index in [-0.39, 0.29) is 25.7 Å². The summed E-state index contributed by atoms with van der Waals surface area (Å²) < 4.78 is 68.3. The van der Waals surface area contributed by atoms with E-state index in [0.29, 0.717) is 25.7 Å². The van der Waals surface area contributed by atoms with Crippen LogP contribution in [0, 0.1) is 5.92 Å². The van der Waals surface area contributed by atoms with Crippen molar-refractivity contribution >= 4 is 39.5 Å². The minimum absolute atomic E-state index is 0.106. The quantitative estimate of drug-likeness (QED) is 0.0222. The van der Waals surface area contributed by atoms with E-state index in [2.05, 4.69) is 34.6 Å². The van der Waals surface area contributed by atoms with Crippen LogP contribution in [-0.2, 0) is 65.4 Å². The molecule has 0 heterocycles. The highest BCUT2D eigenvalue weighted by Gasteiger charge is 2.30. The zero-order valence-corrected chi connectivity index (χ0v) is 62.2. The molecule has 2 unspecified atom stereocenters. The molecule has 0 saturated carbocycles. The number of carbonyl (C=O) groups excluding carboxylic acids is 4. The van der Waals surface area contributed by atoms with Gasteiger partial charge in [-0.2, -0.15) is 0 Å². The Morgan fingerprint density at radius 3 is 0.731 bits per heavy atom. The summed E-state index contributed by atoms with van der Waals surface area (Å²) in [5.41, 5.74) is 0. The second-order valence-electron chi connectivity index (χ2n) is 27.2. The molecule has 5 atom stereocenters. The first-order chi connectivity index (χ1) is 45.0. The van der Waals surface area contributed by atoms with Crippen LogP contribution < -0.4 is 0 Å². The van der Waals surface area contributed by atoms with Gasteiger partial charge < -0.3 is 33.8 Å². The van der Waals surface area contributed by atoms with Crippen molar-refractivity contribution in [3.05, 3.63) is 0 Å². The average Bonchev–Trinajstić information content (AvgIpc) is 2.99. The summed E-state index contributed by atoms with van der Waals surface area (Å²) in [7, 11) is -9.90. The molecule has 0 radical (unpaired) electrons. The van der Waals surface area contributed by atoms with Crippen LogP contribution in [-0.4, -0.2) is 96.7 Å². The van der Waals surface area contributed by atoms with Crippen LogP contribution in [0.3, 0.4) is 0 Å². The molecule has 0 aromatic rings. The fourth-order valence-corrected chi connectivity index (χ4v) is 12.9. The van der Waals surface area contributed by atoms with Crippen LogP contribution in [0.1, 0.15) is 388 Å². The Bertz CT molecular complexity index is 1790. The van der Waals surface area contributed by atoms with Crippen LogP contribution in [0.25, 0.3) is 0 Å². The van der Waals surface area contributed by atoms with Crippen molar-refractivity contribution in [1.29, 1.82) is 0 Å². The molecule has 0 aromatic carbocycles. The second-order valence-corrected chi connectivity index (χ2v) is 30.1. The first-order valence-electron chi connectivity index (χ1n) is 38.6. The van der Waals surface area contributed by atoms with E-state index in [9.17, 15) is 43.2 Å². The topological polar surface area (TPSA) is 237 Å². The van der Waals surface area contributed by atoms with Gasteiger partial charge in [-0.3, -0.25) is 37.3 Å². The Labute approximate surface area is 568 Å². The Hall–Kier alpha value is -1.94. The summed E-state index contributed by atoms with van der Waals surface area (Å²) in [6.45, 7) is 7.24. The molecule has 0 amide bonds. The summed E-state index contributed by atoms with van der Waals surface area (Å²) in [4.78, 5) is 72.5. The Morgan fingerprint density at radius 1 is 0.290 bits per heavy atom. The van der Waals surface area contributed by atoms with E-state index < -0.39 is 97.5 Å². The number of phosphoric ester groups is 2. The van der Waals surface area contributed by atoms with E-state index in [4.69, 9.17) is 37.0 Å². The fourth-order valence-electron chi connectivity index (χ4n) is 11.4. The van der Waals surface area contributed by atoms with Gasteiger partial charge in [-0.1, -0.05) is 336 Å². The summed E-state index contributed by atoms with van der Waals surface area (Å²) in [5.74, 6) is -1.32.